The van der Waals surface area contributed by atoms with Gasteiger partial charge in [-0.15, -0.1) is 0 Å². The Kier molecular flexibility index (Phi) is 5.17. The Labute approximate surface area is 172 Å². The Balaban J connectivity index is 1.68. The highest BCUT2D eigenvalue weighted by Gasteiger charge is 2.18. The maximum Gasteiger partial charge on any atom is 0.340 e. The third-order valence-electron chi connectivity index (χ3n) is 4.65. The van der Waals surface area contributed by atoms with E-state index in [0.29, 0.717) is 28.3 Å². The highest BCUT2D eigenvalue weighted by atomic mass is 16.5. The van der Waals surface area contributed by atoms with Crippen LogP contribution in [0.4, 0.5) is 5.69 Å². The zero-order valence-corrected chi connectivity index (χ0v) is 16.3. The van der Waals surface area contributed by atoms with E-state index in [0.717, 1.165) is 10.9 Å². The predicted molar refractivity (Wildman–Crippen MR) is 112 cm³/mol. The molecule has 0 aliphatic heterocycles. The van der Waals surface area contributed by atoms with E-state index in [1.165, 1.54) is 20.3 Å². The molecule has 0 saturated heterocycles. The number of benzene rings is 3. The second-order valence-corrected chi connectivity index (χ2v) is 6.47. The number of anilines is 1. The molecule has 1 N–H and O–H groups in total. The SMILES string of the molecule is COC(=O)c1cc(OC)ccc1NC(=O)c1ccc2noc(-c3ccccc3)c2c1. The Morgan fingerprint density at radius 2 is 1.77 bits per heavy atom. The van der Waals surface area contributed by atoms with Crippen LogP contribution in [0.15, 0.2) is 71.3 Å². The van der Waals surface area contributed by atoms with Crippen molar-refractivity contribution in [3.63, 3.8) is 0 Å². The van der Waals surface area contributed by atoms with Crippen LogP contribution in [0.25, 0.3) is 22.2 Å². The van der Waals surface area contributed by atoms with Gasteiger partial charge in [0.25, 0.3) is 5.91 Å². The van der Waals surface area contributed by atoms with Crippen LogP contribution < -0.4 is 10.1 Å². The van der Waals surface area contributed by atoms with Gasteiger partial charge in [-0.05, 0) is 36.4 Å². The van der Waals surface area contributed by atoms with Gasteiger partial charge >= 0.3 is 5.97 Å². The highest BCUT2D eigenvalue weighted by Crippen LogP contribution is 2.30. The van der Waals surface area contributed by atoms with Crippen LogP contribution >= 0.6 is 0 Å². The van der Waals surface area contributed by atoms with Gasteiger partial charge in [-0.1, -0.05) is 35.5 Å². The summed E-state index contributed by atoms with van der Waals surface area (Å²) < 4.78 is 15.4. The first kappa shape index (κ1) is 19.2. The summed E-state index contributed by atoms with van der Waals surface area (Å²) in [4.78, 5) is 25.0. The number of hydrogen-bond acceptors (Lipinski definition) is 6. The van der Waals surface area contributed by atoms with E-state index in [1.807, 2.05) is 30.3 Å². The topological polar surface area (TPSA) is 90.7 Å². The van der Waals surface area contributed by atoms with E-state index in [9.17, 15) is 9.59 Å². The number of rotatable bonds is 5. The van der Waals surface area contributed by atoms with E-state index < -0.39 is 5.97 Å². The van der Waals surface area contributed by atoms with Crippen LogP contribution in [-0.4, -0.2) is 31.3 Å². The van der Waals surface area contributed by atoms with Crippen LogP contribution in [0.5, 0.6) is 5.75 Å². The number of amides is 1. The summed E-state index contributed by atoms with van der Waals surface area (Å²) in [5, 5.41) is 7.55. The second-order valence-electron chi connectivity index (χ2n) is 6.47. The minimum Gasteiger partial charge on any atom is -0.497 e. The Morgan fingerprint density at radius 1 is 0.967 bits per heavy atom. The number of fused-ring (bicyclic) bond motifs is 1. The largest absolute Gasteiger partial charge is 0.497 e. The van der Waals surface area contributed by atoms with Crippen molar-refractivity contribution in [2.75, 3.05) is 19.5 Å². The van der Waals surface area contributed by atoms with Crippen LogP contribution in [0, 0.1) is 0 Å². The van der Waals surface area contributed by atoms with Gasteiger partial charge < -0.3 is 19.3 Å². The van der Waals surface area contributed by atoms with E-state index in [4.69, 9.17) is 14.0 Å². The molecule has 0 fully saturated rings. The molecule has 4 rings (SSSR count). The lowest BCUT2D eigenvalue weighted by Gasteiger charge is -2.11. The summed E-state index contributed by atoms with van der Waals surface area (Å²) in [6.07, 6.45) is 0. The molecule has 0 aliphatic rings. The summed E-state index contributed by atoms with van der Waals surface area (Å²) in [5.74, 6) is 0.101. The minimum absolute atomic E-state index is 0.196. The molecule has 0 aliphatic carbocycles. The maximum absolute atomic E-state index is 12.9. The van der Waals surface area contributed by atoms with Crippen LogP contribution in [0.1, 0.15) is 20.7 Å². The molecule has 7 heteroatoms. The van der Waals surface area contributed by atoms with Crippen LogP contribution in [0.3, 0.4) is 0 Å². The summed E-state index contributed by atoms with van der Waals surface area (Å²) >= 11 is 0. The van der Waals surface area contributed by atoms with Gasteiger partial charge in [0, 0.05) is 11.1 Å². The lowest BCUT2D eigenvalue weighted by atomic mass is 10.1. The molecular weight excluding hydrogens is 384 g/mol. The van der Waals surface area contributed by atoms with Gasteiger partial charge in [0.1, 0.15) is 11.3 Å². The van der Waals surface area contributed by atoms with Gasteiger partial charge in [0.05, 0.1) is 30.9 Å². The molecule has 1 amide bonds. The molecule has 3 aromatic carbocycles. The number of ether oxygens (including phenoxy) is 2. The maximum atomic E-state index is 12.9. The van der Waals surface area contributed by atoms with Gasteiger partial charge in [0.2, 0.25) is 0 Å². The fourth-order valence-electron chi connectivity index (χ4n) is 3.11. The van der Waals surface area contributed by atoms with E-state index in [-0.39, 0.29) is 11.5 Å². The zero-order chi connectivity index (χ0) is 21.1. The quantitative estimate of drug-likeness (QED) is 0.493. The number of nitrogens with zero attached hydrogens (tertiary/aromatic N) is 1. The van der Waals surface area contributed by atoms with Crippen molar-refractivity contribution in [1.82, 2.24) is 5.16 Å². The molecule has 0 saturated carbocycles. The van der Waals surface area contributed by atoms with Crippen molar-refractivity contribution < 1.29 is 23.6 Å². The molecule has 0 unspecified atom stereocenters. The highest BCUT2D eigenvalue weighted by molar-refractivity contribution is 6.10. The first-order valence-electron chi connectivity index (χ1n) is 9.13. The van der Waals surface area contributed by atoms with Gasteiger partial charge in [-0.25, -0.2) is 4.79 Å². The molecule has 7 nitrogen and oxygen atoms in total. The molecule has 0 spiro atoms. The zero-order valence-electron chi connectivity index (χ0n) is 16.3. The molecule has 1 heterocycles. The Hall–Kier alpha value is -4.13. The number of hydrogen-bond donors (Lipinski definition) is 1. The lowest BCUT2D eigenvalue weighted by molar-refractivity contribution is 0.0601. The van der Waals surface area contributed by atoms with Crippen molar-refractivity contribution >= 4 is 28.5 Å². The third kappa shape index (κ3) is 3.60. The normalized spacial score (nSPS) is 10.6. The first-order valence-corrected chi connectivity index (χ1v) is 9.13. The summed E-state index contributed by atoms with van der Waals surface area (Å²) in [6, 6.07) is 19.4. The number of carbonyl (C=O) groups is 2. The van der Waals surface area contributed by atoms with Gasteiger partial charge in [-0.3, -0.25) is 4.79 Å². The monoisotopic (exact) mass is 402 g/mol. The van der Waals surface area contributed by atoms with Crippen LogP contribution in [0.2, 0.25) is 0 Å². The second kappa shape index (κ2) is 8.08. The van der Waals surface area contributed by atoms with E-state index >= 15 is 0 Å². The molecule has 0 bridgehead atoms. The van der Waals surface area contributed by atoms with E-state index in [2.05, 4.69) is 10.5 Å². The molecule has 150 valence electrons. The third-order valence-corrected chi connectivity index (χ3v) is 4.65. The average Bonchev–Trinajstić information content (AvgIpc) is 3.22. The predicted octanol–water partition coefficient (Wildman–Crippen LogP) is 4.54. The van der Waals surface area contributed by atoms with Crippen molar-refractivity contribution in [3.8, 4) is 17.1 Å². The van der Waals surface area contributed by atoms with Crippen LogP contribution in [-0.2, 0) is 4.74 Å². The Morgan fingerprint density at radius 3 is 2.50 bits per heavy atom. The van der Waals surface area contributed by atoms with E-state index in [1.54, 1.807) is 30.3 Å². The van der Waals surface area contributed by atoms with Crippen molar-refractivity contribution in [2.45, 2.75) is 0 Å². The minimum atomic E-state index is -0.579. The summed E-state index contributed by atoms with van der Waals surface area (Å²) in [5.41, 5.74) is 2.42. The fraction of sp³-hybridized carbons (Fsp3) is 0.0870. The number of carbonyl (C=O) groups excluding carboxylic acids is 2. The number of aromatic nitrogens is 1. The molecular formula is C23H18N2O5. The van der Waals surface area contributed by atoms with Gasteiger partial charge in [0.15, 0.2) is 5.76 Å². The van der Waals surface area contributed by atoms with Crippen molar-refractivity contribution in [3.05, 3.63) is 77.9 Å². The fourth-order valence-corrected chi connectivity index (χ4v) is 3.11. The number of esters is 1. The number of nitrogens with one attached hydrogen (secondary N) is 1. The standard InChI is InChI=1S/C23H18N2O5/c1-28-16-9-11-19(18(13-16)23(27)29-2)24-22(26)15-8-10-20-17(12-15)21(30-25-20)14-6-4-3-5-7-14/h3-13H,1-2H3,(H,24,26). The van der Waals surface area contributed by atoms with Gasteiger partial charge in [-0.2, -0.15) is 0 Å². The lowest BCUT2D eigenvalue weighted by Crippen LogP contribution is -2.15. The van der Waals surface area contributed by atoms with Crippen molar-refractivity contribution in [1.29, 1.82) is 0 Å². The summed E-state index contributed by atoms with van der Waals surface area (Å²) in [6.45, 7) is 0. The first-order chi connectivity index (χ1) is 14.6. The molecule has 4 aromatic rings. The summed E-state index contributed by atoms with van der Waals surface area (Å²) in [7, 11) is 2.77. The molecule has 1 aromatic heterocycles. The molecule has 0 atom stereocenters. The molecule has 0 radical (unpaired) electrons. The smallest absolute Gasteiger partial charge is 0.340 e. The number of methoxy groups -OCH3 is 2. The molecule has 30 heavy (non-hydrogen) atoms. The van der Waals surface area contributed by atoms with Crippen molar-refractivity contribution in [2.24, 2.45) is 0 Å². The average molecular weight is 402 g/mol. The Bertz CT molecular complexity index is 1230.